The van der Waals surface area contributed by atoms with Crippen LogP contribution < -0.4 is 55.3 Å². The fourth-order valence-corrected chi connectivity index (χ4v) is 5.32. The summed E-state index contributed by atoms with van der Waals surface area (Å²) in [5, 5.41) is 50.2. The molecule has 0 aliphatic rings. The number of phenols is 1. The van der Waals surface area contributed by atoms with E-state index in [0.29, 0.717) is 12.0 Å². The third-order valence-corrected chi connectivity index (χ3v) is 8.68. The maximum absolute atomic E-state index is 14.0. The number of amides is 5. The molecule has 19 N–H and O–H groups in total. The molecule has 0 aromatic heterocycles. The zero-order valence-electron chi connectivity index (χ0n) is 32.8. The Labute approximate surface area is 339 Å². The highest BCUT2D eigenvalue weighted by Crippen LogP contribution is 2.14. The Morgan fingerprint density at radius 3 is 1.58 bits per heavy atom. The highest BCUT2D eigenvalue weighted by molar-refractivity contribution is 5.98. The standard InChI is InChI=1S/C35H56N12O12/c1-3-17(2)27(47-28(53)20(36)15-25(49)50)32(57)46-24(16-26(51)52)31(56)45-23(14-18-8-10-19(48)11-9-18)30(55)43-21(6-4-12-41-34(37)38)29(54)44-22(33(58)59)7-5-13-42-35(39)40/h8-11,17,20-24,27,48H,3-7,12-16,36H2,1-2H3,(H,43,55)(H,44,54)(H,45,56)(H,46,57)(H,47,53)(H,49,50)(H,51,52)(H,58,59)(H4,37,38,41)(H4,39,40,42)/t17-,20-,21-,22-,23-,24-,27-/m0/s1. The van der Waals surface area contributed by atoms with E-state index in [2.05, 4.69) is 36.6 Å². The van der Waals surface area contributed by atoms with Crippen molar-refractivity contribution in [2.24, 2.45) is 44.6 Å². The van der Waals surface area contributed by atoms with Crippen LogP contribution in [0.1, 0.15) is 64.4 Å². The highest BCUT2D eigenvalue weighted by atomic mass is 16.4. The lowest BCUT2D eigenvalue weighted by molar-refractivity contribution is -0.142. The maximum Gasteiger partial charge on any atom is 0.326 e. The zero-order valence-corrected chi connectivity index (χ0v) is 32.8. The van der Waals surface area contributed by atoms with Gasteiger partial charge in [-0.05, 0) is 49.3 Å². The van der Waals surface area contributed by atoms with Crippen LogP contribution in [0, 0.1) is 5.92 Å². The second kappa shape index (κ2) is 25.5. The quantitative estimate of drug-likeness (QED) is 0.0227. The summed E-state index contributed by atoms with van der Waals surface area (Å²) in [4.78, 5) is 110. The van der Waals surface area contributed by atoms with Gasteiger partial charge in [0.1, 0.15) is 36.0 Å². The van der Waals surface area contributed by atoms with E-state index in [4.69, 9.17) is 33.8 Å². The van der Waals surface area contributed by atoms with E-state index in [-0.39, 0.29) is 62.9 Å². The van der Waals surface area contributed by atoms with Crippen molar-refractivity contribution in [3.05, 3.63) is 29.8 Å². The number of guanidine groups is 2. The summed E-state index contributed by atoms with van der Waals surface area (Å²) in [6, 6.07) is -3.79. The monoisotopic (exact) mass is 836 g/mol. The Hall–Kier alpha value is -6.72. The number of carboxylic acids is 3. The van der Waals surface area contributed by atoms with Crippen molar-refractivity contribution < 1.29 is 58.8 Å². The molecule has 0 bridgehead atoms. The third kappa shape index (κ3) is 19.8. The number of aliphatic carboxylic acids is 3. The number of rotatable bonds is 27. The van der Waals surface area contributed by atoms with Gasteiger partial charge in [-0.1, -0.05) is 32.4 Å². The number of aromatic hydroxyl groups is 1. The minimum atomic E-state index is -1.85. The molecule has 59 heavy (non-hydrogen) atoms. The van der Waals surface area contributed by atoms with Crippen LogP contribution in [-0.2, 0) is 44.8 Å². The molecule has 5 amide bonds. The predicted molar refractivity (Wildman–Crippen MR) is 211 cm³/mol. The number of hydrogen-bond acceptors (Lipinski definition) is 12. The maximum atomic E-state index is 14.0. The van der Waals surface area contributed by atoms with Crippen LogP contribution in [-0.4, -0.2) is 129 Å². The molecule has 328 valence electrons. The summed E-state index contributed by atoms with van der Waals surface area (Å²) in [6.45, 7) is 3.31. The molecule has 1 aromatic rings. The molecular weight excluding hydrogens is 780 g/mol. The zero-order chi connectivity index (χ0) is 44.8. The van der Waals surface area contributed by atoms with Gasteiger partial charge in [0, 0.05) is 19.5 Å². The van der Waals surface area contributed by atoms with Crippen molar-refractivity contribution in [1.82, 2.24) is 26.6 Å². The molecule has 0 saturated carbocycles. The number of carboxylic acid groups (broad SMARTS) is 3. The lowest BCUT2D eigenvalue weighted by Gasteiger charge is -2.28. The summed E-state index contributed by atoms with van der Waals surface area (Å²) in [7, 11) is 0. The van der Waals surface area contributed by atoms with Gasteiger partial charge in [-0.2, -0.15) is 0 Å². The van der Waals surface area contributed by atoms with Crippen LogP contribution in [0.4, 0.5) is 0 Å². The van der Waals surface area contributed by atoms with Crippen LogP contribution in [0.15, 0.2) is 34.3 Å². The Morgan fingerprint density at radius 2 is 1.08 bits per heavy atom. The Kier molecular flexibility index (Phi) is 21.8. The topological polar surface area (TPSA) is 432 Å². The fraction of sp³-hybridized carbons (Fsp3) is 0.543. The first-order valence-electron chi connectivity index (χ1n) is 18.5. The number of nitrogens with zero attached hydrogens (tertiary/aromatic N) is 2. The number of carbonyl (C=O) groups is 8. The van der Waals surface area contributed by atoms with Gasteiger partial charge in [-0.15, -0.1) is 0 Å². The molecule has 0 saturated heterocycles. The van der Waals surface area contributed by atoms with E-state index in [1.165, 1.54) is 24.3 Å². The first-order chi connectivity index (χ1) is 27.6. The molecule has 0 fully saturated rings. The van der Waals surface area contributed by atoms with Crippen LogP contribution in [0.3, 0.4) is 0 Å². The molecule has 0 spiro atoms. The second-order valence-corrected chi connectivity index (χ2v) is 13.5. The molecule has 0 aliphatic carbocycles. The minimum Gasteiger partial charge on any atom is -0.508 e. The Morgan fingerprint density at radius 1 is 0.627 bits per heavy atom. The van der Waals surface area contributed by atoms with Crippen molar-refractivity contribution in [3.63, 3.8) is 0 Å². The van der Waals surface area contributed by atoms with Gasteiger partial charge < -0.3 is 75.7 Å². The van der Waals surface area contributed by atoms with Gasteiger partial charge >= 0.3 is 17.9 Å². The van der Waals surface area contributed by atoms with Gasteiger partial charge in [-0.3, -0.25) is 43.5 Å². The molecule has 0 aliphatic heterocycles. The van der Waals surface area contributed by atoms with Gasteiger partial charge in [0.05, 0.1) is 18.9 Å². The summed E-state index contributed by atoms with van der Waals surface area (Å²) in [5.74, 6) is -10.6. The minimum absolute atomic E-state index is 0.0106. The van der Waals surface area contributed by atoms with E-state index >= 15 is 0 Å². The Bertz CT molecular complexity index is 1680. The fourth-order valence-electron chi connectivity index (χ4n) is 5.32. The van der Waals surface area contributed by atoms with Gasteiger partial charge in [0.2, 0.25) is 29.5 Å². The summed E-state index contributed by atoms with van der Waals surface area (Å²) in [5.41, 5.74) is 27.4. The lowest BCUT2D eigenvalue weighted by Crippen LogP contribution is -2.60. The predicted octanol–water partition coefficient (Wildman–Crippen LogP) is -4.13. The van der Waals surface area contributed by atoms with Crippen LogP contribution in [0.2, 0.25) is 0 Å². The first kappa shape index (κ1) is 50.3. The molecule has 24 heteroatoms. The van der Waals surface area contributed by atoms with Crippen molar-refractivity contribution in [2.45, 2.75) is 101 Å². The van der Waals surface area contributed by atoms with E-state index in [1.54, 1.807) is 13.8 Å². The number of nitrogens with one attached hydrogen (secondary N) is 5. The molecule has 24 nitrogen and oxygen atoms in total. The average molecular weight is 837 g/mol. The van der Waals surface area contributed by atoms with Crippen molar-refractivity contribution in [2.75, 3.05) is 13.1 Å². The molecule has 0 unspecified atom stereocenters. The van der Waals surface area contributed by atoms with E-state index < -0.39 is 102 Å². The first-order valence-corrected chi connectivity index (χ1v) is 18.5. The van der Waals surface area contributed by atoms with Crippen LogP contribution >= 0.6 is 0 Å². The van der Waals surface area contributed by atoms with E-state index in [1.807, 2.05) is 0 Å². The molecule has 0 heterocycles. The van der Waals surface area contributed by atoms with E-state index in [9.17, 15) is 53.7 Å². The van der Waals surface area contributed by atoms with Crippen LogP contribution in [0.25, 0.3) is 0 Å². The van der Waals surface area contributed by atoms with Gasteiger partial charge in [0.15, 0.2) is 11.9 Å². The van der Waals surface area contributed by atoms with Crippen molar-refractivity contribution in [1.29, 1.82) is 0 Å². The number of benzene rings is 1. The van der Waals surface area contributed by atoms with E-state index in [0.717, 1.165) is 0 Å². The highest BCUT2D eigenvalue weighted by Gasteiger charge is 2.35. The third-order valence-electron chi connectivity index (χ3n) is 8.68. The average Bonchev–Trinajstić information content (AvgIpc) is 3.14. The normalized spacial score (nSPS) is 14.3. The second-order valence-electron chi connectivity index (χ2n) is 13.5. The summed E-state index contributed by atoms with van der Waals surface area (Å²) >= 11 is 0. The lowest BCUT2D eigenvalue weighted by atomic mass is 9.97. The Balaban J connectivity index is 3.50. The van der Waals surface area contributed by atoms with Crippen LogP contribution in [0.5, 0.6) is 5.75 Å². The molecular formula is C35H56N12O12. The summed E-state index contributed by atoms with van der Waals surface area (Å²) < 4.78 is 0. The SMILES string of the molecule is CC[C@H](C)[C@H](NC(=O)[C@@H](N)CC(=O)O)C(=O)N[C@@H](CC(=O)O)C(=O)N[C@@H](Cc1ccc(O)cc1)C(=O)N[C@@H](CCCN=C(N)N)C(=O)N[C@@H](CCCN=C(N)N)C(=O)O. The number of hydrogen-bond donors (Lipinski definition) is 14. The van der Waals surface area contributed by atoms with Gasteiger partial charge in [-0.25, -0.2) is 4.79 Å². The summed E-state index contributed by atoms with van der Waals surface area (Å²) in [6.07, 6.45) is -1.73. The van der Waals surface area contributed by atoms with Crippen molar-refractivity contribution >= 4 is 59.4 Å². The molecule has 7 atom stereocenters. The molecule has 0 radical (unpaired) electrons. The van der Waals surface area contributed by atoms with Gasteiger partial charge in [0.25, 0.3) is 0 Å². The molecule has 1 aromatic carbocycles. The molecule has 1 rings (SSSR count). The largest absolute Gasteiger partial charge is 0.508 e. The number of nitrogens with two attached hydrogens (primary N) is 5. The number of carbonyl (C=O) groups excluding carboxylic acids is 5. The smallest absolute Gasteiger partial charge is 0.326 e. The number of aliphatic imine (C=N–C) groups is 2. The number of phenolic OH excluding ortho intramolecular Hbond substituents is 1. The van der Waals surface area contributed by atoms with Crippen molar-refractivity contribution in [3.8, 4) is 5.75 Å².